The van der Waals surface area contributed by atoms with Crippen molar-refractivity contribution in [1.82, 2.24) is 10.2 Å². The number of nitrogens with zero attached hydrogens (tertiary/aromatic N) is 1. The molecule has 0 saturated carbocycles. The van der Waals surface area contributed by atoms with Crippen LogP contribution in [0.25, 0.3) is 0 Å². The summed E-state index contributed by atoms with van der Waals surface area (Å²) < 4.78 is 11.2. The third kappa shape index (κ3) is 7.32. The third-order valence-electron chi connectivity index (χ3n) is 4.61. The summed E-state index contributed by atoms with van der Waals surface area (Å²) in [5.74, 6) is 1.30. The van der Waals surface area contributed by atoms with Gasteiger partial charge in [-0.15, -0.1) is 0 Å². The SMILES string of the molecule is COc1ccc(CNCc2ccc(Cl)cc2)cc1OCC(O)CN(C)C(C)C. The van der Waals surface area contributed by atoms with Crippen LogP contribution in [0.1, 0.15) is 25.0 Å². The van der Waals surface area contributed by atoms with Crippen molar-refractivity contribution < 1.29 is 14.6 Å². The van der Waals surface area contributed by atoms with Gasteiger partial charge in [0.15, 0.2) is 11.5 Å². The summed E-state index contributed by atoms with van der Waals surface area (Å²) >= 11 is 5.92. The molecule has 154 valence electrons. The largest absolute Gasteiger partial charge is 0.493 e. The molecule has 6 heteroatoms. The molecule has 0 amide bonds. The van der Waals surface area contributed by atoms with E-state index in [-0.39, 0.29) is 6.61 Å². The molecule has 5 nitrogen and oxygen atoms in total. The zero-order valence-electron chi connectivity index (χ0n) is 17.1. The zero-order valence-corrected chi connectivity index (χ0v) is 17.9. The van der Waals surface area contributed by atoms with Crippen LogP contribution in [-0.2, 0) is 13.1 Å². The molecule has 2 aromatic carbocycles. The lowest BCUT2D eigenvalue weighted by Crippen LogP contribution is -2.37. The summed E-state index contributed by atoms with van der Waals surface area (Å²) in [6.07, 6.45) is -0.566. The average molecular weight is 407 g/mol. The number of benzene rings is 2. The van der Waals surface area contributed by atoms with Crippen LogP contribution in [0.3, 0.4) is 0 Å². The summed E-state index contributed by atoms with van der Waals surface area (Å²) in [5, 5.41) is 14.4. The molecule has 0 aromatic heterocycles. The van der Waals surface area contributed by atoms with Crippen LogP contribution >= 0.6 is 11.6 Å². The summed E-state index contributed by atoms with van der Waals surface area (Å²) in [6, 6.07) is 14.0. The highest BCUT2D eigenvalue weighted by Crippen LogP contribution is 2.28. The number of hydrogen-bond donors (Lipinski definition) is 2. The molecular formula is C22H31ClN2O3. The molecule has 0 aliphatic rings. The zero-order chi connectivity index (χ0) is 20.5. The number of ether oxygens (including phenoxy) is 2. The Morgan fingerprint density at radius 2 is 1.68 bits per heavy atom. The number of halogens is 1. The Bertz CT molecular complexity index is 722. The predicted molar refractivity (Wildman–Crippen MR) is 114 cm³/mol. The second-order valence-corrected chi connectivity index (χ2v) is 7.65. The van der Waals surface area contributed by atoms with Crippen LogP contribution in [0, 0.1) is 0 Å². The normalized spacial score (nSPS) is 12.4. The van der Waals surface area contributed by atoms with Crippen molar-refractivity contribution in [3.05, 3.63) is 58.6 Å². The Kier molecular flexibility index (Phi) is 9.06. The van der Waals surface area contributed by atoms with E-state index in [0.29, 0.717) is 30.6 Å². The van der Waals surface area contributed by atoms with Gasteiger partial charge in [-0.2, -0.15) is 0 Å². The number of nitrogens with one attached hydrogen (secondary N) is 1. The quantitative estimate of drug-likeness (QED) is 0.595. The van der Waals surface area contributed by atoms with Crippen molar-refractivity contribution in [2.75, 3.05) is 27.3 Å². The molecular weight excluding hydrogens is 376 g/mol. The van der Waals surface area contributed by atoms with Gasteiger partial charge in [-0.05, 0) is 56.3 Å². The van der Waals surface area contributed by atoms with E-state index < -0.39 is 6.10 Å². The number of methoxy groups -OCH3 is 1. The van der Waals surface area contributed by atoms with E-state index in [1.165, 1.54) is 5.56 Å². The molecule has 1 atom stereocenters. The molecule has 2 N–H and O–H groups in total. The molecule has 2 rings (SSSR count). The highest BCUT2D eigenvalue weighted by Gasteiger charge is 2.13. The Labute approximate surface area is 173 Å². The summed E-state index contributed by atoms with van der Waals surface area (Å²) in [5.41, 5.74) is 2.25. The molecule has 2 aromatic rings. The van der Waals surface area contributed by atoms with Gasteiger partial charge in [0.2, 0.25) is 0 Å². The fraction of sp³-hybridized carbons (Fsp3) is 0.455. The number of likely N-dealkylation sites (N-methyl/N-ethyl adjacent to an activating group) is 1. The Balaban J connectivity index is 1.90. The van der Waals surface area contributed by atoms with Gasteiger partial charge in [0.05, 0.1) is 7.11 Å². The minimum atomic E-state index is -0.566. The highest BCUT2D eigenvalue weighted by atomic mass is 35.5. The first-order chi connectivity index (χ1) is 13.4. The molecule has 1 unspecified atom stereocenters. The van der Waals surface area contributed by atoms with Gasteiger partial charge >= 0.3 is 0 Å². The van der Waals surface area contributed by atoms with E-state index in [1.54, 1.807) is 7.11 Å². The number of aliphatic hydroxyl groups excluding tert-OH is 1. The number of rotatable bonds is 11. The van der Waals surface area contributed by atoms with Crippen molar-refractivity contribution >= 4 is 11.6 Å². The Morgan fingerprint density at radius 3 is 2.32 bits per heavy atom. The smallest absolute Gasteiger partial charge is 0.161 e. The maximum absolute atomic E-state index is 10.2. The number of hydrogen-bond acceptors (Lipinski definition) is 5. The first-order valence-corrected chi connectivity index (χ1v) is 9.90. The lowest BCUT2D eigenvalue weighted by molar-refractivity contribution is 0.0668. The minimum Gasteiger partial charge on any atom is -0.493 e. The molecule has 0 heterocycles. The Morgan fingerprint density at radius 1 is 1.04 bits per heavy atom. The first-order valence-electron chi connectivity index (χ1n) is 9.52. The van der Waals surface area contributed by atoms with Gasteiger partial charge in [0.25, 0.3) is 0 Å². The van der Waals surface area contributed by atoms with E-state index in [0.717, 1.165) is 17.1 Å². The van der Waals surface area contributed by atoms with Gasteiger partial charge in [-0.3, -0.25) is 0 Å². The standard InChI is InChI=1S/C22H31ClN2O3/c1-16(2)25(3)14-20(26)15-28-22-11-18(7-10-21(22)27-4)13-24-12-17-5-8-19(23)9-6-17/h5-11,16,20,24,26H,12-15H2,1-4H3. The lowest BCUT2D eigenvalue weighted by atomic mass is 10.2. The van der Waals surface area contributed by atoms with Crippen molar-refractivity contribution in [1.29, 1.82) is 0 Å². The van der Waals surface area contributed by atoms with Gasteiger partial charge in [0.1, 0.15) is 12.7 Å². The van der Waals surface area contributed by atoms with Crippen LogP contribution in [0.2, 0.25) is 5.02 Å². The Hall–Kier alpha value is -1.79. The van der Waals surface area contributed by atoms with Gasteiger partial charge < -0.3 is 24.8 Å². The molecule has 0 radical (unpaired) electrons. The van der Waals surface area contributed by atoms with E-state index in [4.69, 9.17) is 21.1 Å². The summed E-state index contributed by atoms with van der Waals surface area (Å²) in [6.45, 7) is 6.41. The van der Waals surface area contributed by atoms with Gasteiger partial charge in [0, 0.05) is 30.7 Å². The molecule has 0 fully saturated rings. The van der Waals surface area contributed by atoms with Crippen molar-refractivity contribution in [2.24, 2.45) is 0 Å². The molecule has 0 saturated heterocycles. The van der Waals surface area contributed by atoms with E-state index in [9.17, 15) is 5.11 Å². The summed E-state index contributed by atoms with van der Waals surface area (Å²) in [4.78, 5) is 2.09. The van der Waals surface area contributed by atoms with Crippen LogP contribution in [0.4, 0.5) is 0 Å². The van der Waals surface area contributed by atoms with Crippen LogP contribution < -0.4 is 14.8 Å². The molecule has 0 aliphatic carbocycles. The van der Waals surface area contributed by atoms with Crippen molar-refractivity contribution in [3.63, 3.8) is 0 Å². The monoisotopic (exact) mass is 406 g/mol. The average Bonchev–Trinajstić information content (AvgIpc) is 2.68. The molecule has 0 spiro atoms. The van der Waals surface area contributed by atoms with Crippen LogP contribution in [0.15, 0.2) is 42.5 Å². The van der Waals surface area contributed by atoms with Crippen LogP contribution in [-0.4, -0.2) is 49.5 Å². The molecule has 0 aliphatic heterocycles. The molecule has 0 bridgehead atoms. The summed E-state index contributed by atoms with van der Waals surface area (Å²) in [7, 11) is 3.60. The second kappa shape index (κ2) is 11.3. The van der Waals surface area contributed by atoms with Gasteiger partial charge in [-0.25, -0.2) is 0 Å². The van der Waals surface area contributed by atoms with Crippen molar-refractivity contribution in [3.8, 4) is 11.5 Å². The first kappa shape index (κ1) is 22.5. The maximum Gasteiger partial charge on any atom is 0.161 e. The fourth-order valence-corrected chi connectivity index (χ4v) is 2.81. The van der Waals surface area contributed by atoms with Gasteiger partial charge in [-0.1, -0.05) is 29.8 Å². The maximum atomic E-state index is 10.2. The van der Waals surface area contributed by atoms with Crippen molar-refractivity contribution in [2.45, 2.75) is 39.1 Å². The molecule has 28 heavy (non-hydrogen) atoms. The second-order valence-electron chi connectivity index (χ2n) is 7.21. The fourth-order valence-electron chi connectivity index (χ4n) is 2.68. The minimum absolute atomic E-state index is 0.217. The van der Waals surface area contributed by atoms with E-state index >= 15 is 0 Å². The lowest BCUT2D eigenvalue weighted by Gasteiger charge is -2.24. The number of aliphatic hydroxyl groups is 1. The van der Waals surface area contributed by atoms with Crippen LogP contribution in [0.5, 0.6) is 11.5 Å². The third-order valence-corrected chi connectivity index (χ3v) is 4.86. The topological polar surface area (TPSA) is 54.0 Å². The highest BCUT2D eigenvalue weighted by molar-refractivity contribution is 6.30. The predicted octanol–water partition coefficient (Wildman–Crippen LogP) is 3.72. The van der Waals surface area contributed by atoms with E-state index in [1.807, 2.05) is 49.5 Å². The van der Waals surface area contributed by atoms with E-state index in [2.05, 4.69) is 24.1 Å².